The summed E-state index contributed by atoms with van der Waals surface area (Å²) >= 11 is 0. The lowest BCUT2D eigenvalue weighted by atomic mass is 10.0. The number of rotatable bonds is 22. The summed E-state index contributed by atoms with van der Waals surface area (Å²) in [6, 6.07) is 7.86. The normalized spacial score (nSPS) is 14.8. The summed E-state index contributed by atoms with van der Waals surface area (Å²) in [7, 11) is -3.19. The molecule has 0 atom stereocenters. The number of phosphoric ester groups is 1. The molecule has 1 aromatic rings. The summed E-state index contributed by atoms with van der Waals surface area (Å²) in [4.78, 5) is 11.7. The maximum Gasteiger partial charge on any atom is 0.474 e. The molecule has 1 fully saturated rings. The van der Waals surface area contributed by atoms with Crippen LogP contribution in [-0.4, -0.2) is 32.4 Å². The number of hydrogen-bond acceptors (Lipinski definition) is 6. The molecule has 1 heterocycles. The maximum atomic E-state index is 11.8. The molecule has 0 aromatic heterocycles. The molecule has 0 spiro atoms. The lowest BCUT2D eigenvalue weighted by Crippen LogP contribution is -2.04. The van der Waals surface area contributed by atoms with Gasteiger partial charge in [0, 0.05) is 0 Å². The minimum atomic E-state index is -3.19. The van der Waals surface area contributed by atoms with E-state index in [1.54, 1.807) is 0 Å². The van der Waals surface area contributed by atoms with Crippen LogP contribution in [0, 0.1) is 0 Å². The van der Waals surface area contributed by atoms with Crippen molar-refractivity contribution in [2.24, 2.45) is 0 Å². The Balaban J connectivity index is 1.27. The number of hydrogen-bond donors (Lipinski definition) is 0. The average Bonchev–Trinajstić information content (AvgIpc) is 3.32. The lowest BCUT2D eigenvalue weighted by Gasteiger charge is -2.09. The second-order valence-corrected chi connectivity index (χ2v) is 11.4. The Morgan fingerprint density at radius 2 is 1.17 bits per heavy atom. The van der Waals surface area contributed by atoms with Gasteiger partial charge in [-0.15, -0.1) is 0 Å². The minimum absolute atomic E-state index is 0.235. The zero-order valence-corrected chi connectivity index (χ0v) is 23.4. The van der Waals surface area contributed by atoms with Crippen molar-refractivity contribution in [2.75, 3.05) is 26.4 Å². The molecule has 1 aliphatic heterocycles. The third-order valence-corrected chi connectivity index (χ3v) is 8.15. The fourth-order valence-electron chi connectivity index (χ4n) is 4.51. The number of phosphoric acid groups is 1. The first-order chi connectivity index (χ1) is 17.6. The molecule has 6 nitrogen and oxygen atoms in total. The van der Waals surface area contributed by atoms with Crippen LogP contribution in [0.4, 0.5) is 0 Å². The maximum absolute atomic E-state index is 11.8. The van der Waals surface area contributed by atoms with E-state index in [0.29, 0.717) is 32.0 Å². The van der Waals surface area contributed by atoms with E-state index >= 15 is 0 Å². The van der Waals surface area contributed by atoms with E-state index in [0.717, 1.165) is 19.3 Å². The largest absolute Gasteiger partial charge is 0.474 e. The zero-order valence-electron chi connectivity index (χ0n) is 22.6. The average molecular weight is 525 g/mol. The monoisotopic (exact) mass is 524 g/mol. The van der Waals surface area contributed by atoms with Gasteiger partial charge in [-0.25, -0.2) is 9.36 Å². The Labute approximate surface area is 219 Å². The van der Waals surface area contributed by atoms with Crippen LogP contribution in [0.15, 0.2) is 24.3 Å². The smallest absolute Gasteiger partial charge is 0.462 e. The quantitative estimate of drug-likeness (QED) is 0.0857. The predicted octanol–water partition coefficient (Wildman–Crippen LogP) is 8.82. The molecule has 0 N–H and O–H groups in total. The molecule has 206 valence electrons. The summed E-state index contributed by atoms with van der Waals surface area (Å²) in [5.74, 6) is -0.235. The molecule has 0 aliphatic carbocycles. The Morgan fingerprint density at radius 3 is 1.64 bits per heavy atom. The van der Waals surface area contributed by atoms with E-state index in [4.69, 9.17) is 18.3 Å². The highest BCUT2D eigenvalue weighted by molar-refractivity contribution is 7.48. The van der Waals surface area contributed by atoms with Crippen molar-refractivity contribution in [3.8, 4) is 0 Å². The first-order valence-corrected chi connectivity index (χ1v) is 15.9. The zero-order chi connectivity index (χ0) is 25.7. The van der Waals surface area contributed by atoms with Crippen LogP contribution in [0.2, 0.25) is 0 Å². The fourth-order valence-corrected chi connectivity index (χ4v) is 5.69. The van der Waals surface area contributed by atoms with Crippen LogP contribution in [0.3, 0.4) is 0 Å². The third-order valence-electron chi connectivity index (χ3n) is 6.66. The van der Waals surface area contributed by atoms with Crippen molar-refractivity contribution in [3.63, 3.8) is 0 Å². The van der Waals surface area contributed by atoms with Gasteiger partial charge in [-0.2, -0.15) is 0 Å². The Kier molecular flexibility index (Phi) is 17.1. The topological polar surface area (TPSA) is 71.1 Å². The molecule has 1 aliphatic rings. The van der Waals surface area contributed by atoms with E-state index < -0.39 is 7.82 Å². The summed E-state index contributed by atoms with van der Waals surface area (Å²) in [5, 5.41) is 0. The number of carbonyl (C=O) groups is 1. The number of aryl methyl sites for hydroxylation is 1. The molecule has 0 bridgehead atoms. The molecule has 0 amide bonds. The number of unbranched alkanes of at least 4 members (excludes halogenated alkanes) is 15. The van der Waals surface area contributed by atoms with E-state index in [1.807, 2.05) is 19.1 Å². The van der Waals surface area contributed by atoms with Crippen molar-refractivity contribution < 1.29 is 27.7 Å². The lowest BCUT2D eigenvalue weighted by molar-refractivity contribution is 0.0526. The van der Waals surface area contributed by atoms with Gasteiger partial charge in [0.2, 0.25) is 0 Å². The molecule has 0 radical (unpaired) electrons. The third kappa shape index (κ3) is 14.5. The number of benzene rings is 1. The molecule has 0 saturated carbocycles. The molecule has 2 rings (SSSR count). The van der Waals surface area contributed by atoms with Gasteiger partial charge in [-0.05, 0) is 43.9 Å². The second-order valence-electron chi connectivity index (χ2n) is 9.77. The van der Waals surface area contributed by atoms with Crippen molar-refractivity contribution in [2.45, 2.75) is 116 Å². The highest BCUT2D eigenvalue weighted by Gasteiger charge is 2.31. The van der Waals surface area contributed by atoms with Crippen molar-refractivity contribution >= 4 is 13.8 Å². The molecular weight excluding hydrogens is 475 g/mol. The van der Waals surface area contributed by atoms with Gasteiger partial charge in [0.1, 0.15) is 0 Å². The molecule has 7 heteroatoms. The van der Waals surface area contributed by atoms with Crippen LogP contribution in [0.25, 0.3) is 0 Å². The SMILES string of the molecule is CCOC(=O)c1ccc(CCCCCCCCCCCCCCCCCCOP2(=O)OCCO2)cc1. The van der Waals surface area contributed by atoms with E-state index in [2.05, 4.69) is 12.1 Å². The van der Waals surface area contributed by atoms with Gasteiger partial charge in [-0.3, -0.25) is 13.6 Å². The predicted molar refractivity (Wildman–Crippen MR) is 145 cm³/mol. The molecule has 1 aromatic carbocycles. The minimum Gasteiger partial charge on any atom is -0.462 e. The van der Waals surface area contributed by atoms with E-state index in [-0.39, 0.29) is 5.97 Å². The Hall–Kier alpha value is -1.20. The summed E-state index contributed by atoms with van der Waals surface area (Å²) in [6.07, 6.45) is 21.7. The second kappa shape index (κ2) is 19.9. The van der Waals surface area contributed by atoms with Crippen LogP contribution in [0.5, 0.6) is 0 Å². The number of carbonyl (C=O) groups excluding carboxylic acids is 1. The fraction of sp³-hybridized carbons (Fsp3) is 0.759. The van der Waals surface area contributed by atoms with Gasteiger partial charge in [0.05, 0.1) is 32.0 Å². The molecule has 1 saturated heterocycles. The van der Waals surface area contributed by atoms with Gasteiger partial charge in [0.25, 0.3) is 0 Å². The summed E-state index contributed by atoms with van der Waals surface area (Å²) in [5.41, 5.74) is 1.94. The van der Waals surface area contributed by atoms with Crippen LogP contribution in [-0.2, 0) is 29.3 Å². The first kappa shape index (κ1) is 31.0. The van der Waals surface area contributed by atoms with Gasteiger partial charge >= 0.3 is 13.8 Å². The summed E-state index contributed by atoms with van der Waals surface area (Å²) < 4.78 is 32.1. The molecule has 0 unspecified atom stereocenters. The first-order valence-electron chi connectivity index (χ1n) is 14.4. The Bertz CT molecular complexity index is 726. The van der Waals surface area contributed by atoms with Crippen molar-refractivity contribution in [1.82, 2.24) is 0 Å². The molecular formula is C29H49O6P. The van der Waals surface area contributed by atoms with Crippen LogP contribution in [0.1, 0.15) is 126 Å². The van der Waals surface area contributed by atoms with E-state index in [9.17, 15) is 9.36 Å². The number of ether oxygens (including phenoxy) is 1. The summed E-state index contributed by atoms with van der Waals surface area (Å²) in [6.45, 7) is 3.45. The van der Waals surface area contributed by atoms with Gasteiger partial charge < -0.3 is 4.74 Å². The van der Waals surface area contributed by atoms with E-state index in [1.165, 1.54) is 95.5 Å². The Morgan fingerprint density at radius 1 is 0.722 bits per heavy atom. The van der Waals surface area contributed by atoms with Crippen molar-refractivity contribution in [1.29, 1.82) is 0 Å². The molecule has 36 heavy (non-hydrogen) atoms. The van der Waals surface area contributed by atoms with Gasteiger partial charge in [0.15, 0.2) is 0 Å². The van der Waals surface area contributed by atoms with Crippen molar-refractivity contribution in [3.05, 3.63) is 35.4 Å². The number of esters is 1. The van der Waals surface area contributed by atoms with Gasteiger partial charge in [-0.1, -0.05) is 102 Å². The van der Waals surface area contributed by atoms with Crippen LogP contribution < -0.4 is 0 Å². The highest BCUT2D eigenvalue weighted by atomic mass is 31.2. The highest BCUT2D eigenvalue weighted by Crippen LogP contribution is 2.52. The van der Waals surface area contributed by atoms with Crippen LogP contribution >= 0.6 is 7.82 Å². The standard InChI is InChI=1S/C29H49O6P/c1-2-32-29(30)28-22-20-27(21-23-28)19-17-15-13-11-9-7-5-3-4-6-8-10-12-14-16-18-24-33-36(31)34-25-26-35-36/h20-23H,2-19,24-26H2,1H3.